The van der Waals surface area contributed by atoms with Gasteiger partial charge < -0.3 is 4.79 Å². The van der Waals surface area contributed by atoms with Crippen molar-refractivity contribution in [3.63, 3.8) is 0 Å². The third kappa shape index (κ3) is 6.00. The summed E-state index contributed by atoms with van der Waals surface area (Å²) in [6.07, 6.45) is 7.15. The molecule has 1 heterocycles. The molecule has 0 bridgehead atoms. The molecule has 2 atom stereocenters. The molecule has 3 aromatic carbocycles. The Balaban J connectivity index is 1.70. The van der Waals surface area contributed by atoms with Crippen LogP contribution in [-0.2, 0) is 27.5 Å². The first-order valence-corrected chi connectivity index (χ1v) is 14.7. The van der Waals surface area contributed by atoms with E-state index in [4.69, 9.17) is 0 Å². The predicted octanol–water partition coefficient (Wildman–Crippen LogP) is 6.12. The predicted molar refractivity (Wildman–Crippen MR) is 146 cm³/mol. The van der Waals surface area contributed by atoms with Gasteiger partial charge in [-0.25, -0.2) is 8.42 Å². The molecule has 0 aliphatic rings. The Morgan fingerprint density at radius 1 is 0.943 bits per heavy atom. The van der Waals surface area contributed by atoms with Crippen molar-refractivity contribution in [2.45, 2.75) is 35.8 Å². The Bertz CT molecular complexity index is 1450. The summed E-state index contributed by atoms with van der Waals surface area (Å²) in [5, 5.41) is 0.507. The van der Waals surface area contributed by atoms with Gasteiger partial charge in [0.2, 0.25) is 0 Å². The van der Waals surface area contributed by atoms with Gasteiger partial charge in [-0.15, -0.1) is 11.8 Å². The quantitative estimate of drug-likeness (QED) is 0.203. The highest BCUT2D eigenvalue weighted by Crippen LogP contribution is 2.31. The standard InChI is InChI=1S/C29H29NO3S2/c1-20(35(3,32)33)14-22-17-25-8-5-13-30-29(25)28(18-22)24-7-4-6-21(15-24)16-26(19-31)23-9-11-27(34-2)12-10-23/h4-13,15,17-20,26H,14,16H2,1-3H3. The monoisotopic (exact) mass is 503 g/mol. The van der Waals surface area contributed by atoms with E-state index in [2.05, 4.69) is 17.1 Å². The summed E-state index contributed by atoms with van der Waals surface area (Å²) < 4.78 is 24.1. The van der Waals surface area contributed by atoms with Crippen molar-refractivity contribution in [3.8, 4) is 11.1 Å². The van der Waals surface area contributed by atoms with Crippen LogP contribution in [0.1, 0.15) is 29.5 Å². The molecule has 4 nitrogen and oxygen atoms in total. The van der Waals surface area contributed by atoms with Gasteiger partial charge in [0.15, 0.2) is 0 Å². The highest BCUT2D eigenvalue weighted by atomic mass is 32.2. The molecule has 6 heteroatoms. The molecular weight excluding hydrogens is 474 g/mol. The van der Waals surface area contributed by atoms with Crippen molar-refractivity contribution in [3.05, 3.63) is 95.7 Å². The number of carbonyl (C=O) groups excluding carboxylic acids is 1. The smallest absolute Gasteiger partial charge is 0.150 e. The lowest BCUT2D eigenvalue weighted by molar-refractivity contribution is -0.109. The second kappa shape index (κ2) is 10.8. The van der Waals surface area contributed by atoms with Gasteiger partial charge in [-0.2, -0.15) is 0 Å². The maximum absolute atomic E-state index is 12.0. The zero-order valence-corrected chi connectivity index (χ0v) is 21.8. The third-order valence-corrected chi connectivity index (χ3v) is 8.79. The van der Waals surface area contributed by atoms with E-state index in [0.29, 0.717) is 12.8 Å². The molecule has 2 unspecified atom stereocenters. The Kier molecular flexibility index (Phi) is 7.72. The second-order valence-electron chi connectivity index (χ2n) is 8.98. The molecule has 0 fully saturated rings. The van der Waals surface area contributed by atoms with Crippen LogP contribution < -0.4 is 0 Å². The van der Waals surface area contributed by atoms with Crippen molar-refractivity contribution in [1.29, 1.82) is 0 Å². The second-order valence-corrected chi connectivity index (χ2v) is 12.3. The zero-order valence-electron chi connectivity index (χ0n) is 20.1. The first-order valence-electron chi connectivity index (χ1n) is 11.5. The number of pyridine rings is 1. The van der Waals surface area contributed by atoms with Crippen molar-refractivity contribution >= 4 is 38.8 Å². The number of sulfone groups is 1. The molecule has 4 rings (SSSR count). The molecule has 0 spiro atoms. The van der Waals surface area contributed by atoms with Gasteiger partial charge in [0.05, 0.1) is 10.8 Å². The third-order valence-electron chi connectivity index (χ3n) is 6.42. The topological polar surface area (TPSA) is 64.1 Å². The number of aromatic nitrogens is 1. The van der Waals surface area contributed by atoms with E-state index in [9.17, 15) is 13.2 Å². The zero-order chi connectivity index (χ0) is 25.0. The van der Waals surface area contributed by atoms with E-state index in [1.54, 1.807) is 24.9 Å². The fourth-order valence-corrected chi connectivity index (χ4v) is 5.19. The molecule has 35 heavy (non-hydrogen) atoms. The summed E-state index contributed by atoms with van der Waals surface area (Å²) >= 11 is 1.68. The molecule has 0 amide bonds. The van der Waals surface area contributed by atoms with Crippen LogP contribution in [-0.4, -0.2) is 37.4 Å². The summed E-state index contributed by atoms with van der Waals surface area (Å²) in [6, 6.07) is 24.3. The molecule has 4 aromatic rings. The Labute approximate surface area is 211 Å². The largest absolute Gasteiger partial charge is 0.303 e. The number of nitrogens with zero attached hydrogens (tertiary/aromatic N) is 1. The van der Waals surface area contributed by atoms with Gasteiger partial charge in [0, 0.05) is 34.2 Å². The summed E-state index contributed by atoms with van der Waals surface area (Å²) in [5.41, 5.74) is 5.87. The van der Waals surface area contributed by atoms with Crippen LogP contribution >= 0.6 is 11.8 Å². The lowest BCUT2D eigenvalue weighted by Crippen LogP contribution is -2.18. The molecular formula is C29H29NO3S2. The lowest BCUT2D eigenvalue weighted by Gasteiger charge is -2.15. The van der Waals surface area contributed by atoms with Crippen LogP contribution in [0.4, 0.5) is 0 Å². The van der Waals surface area contributed by atoms with Gasteiger partial charge in [0.25, 0.3) is 0 Å². The van der Waals surface area contributed by atoms with Crippen LogP contribution in [0.25, 0.3) is 22.0 Å². The highest BCUT2D eigenvalue weighted by Gasteiger charge is 2.18. The average molecular weight is 504 g/mol. The summed E-state index contributed by atoms with van der Waals surface area (Å²) in [7, 11) is -3.14. The van der Waals surface area contributed by atoms with Gasteiger partial charge in [0.1, 0.15) is 16.1 Å². The van der Waals surface area contributed by atoms with E-state index in [-0.39, 0.29) is 5.92 Å². The number of hydrogen-bond acceptors (Lipinski definition) is 5. The van der Waals surface area contributed by atoms with Crippen LogP contribution in [0.5, 0.6) is 0 Å². The number of rotatable bonds is 9. The van der Waals surface area contributed by atoms with Gasteiger partial charge in [-0.1, -0.05) is 42.5 Å². The van der Waals surface area contributed by atoms with Crippen LogP contribution in [0.15, 0.2) is 83.9 Å². The summed E-state index contributed by atoms with van der Waals surface area (Å²) in [4.78, 5) is 17.8. The number of fused-ring (bicyclic) bond motifs is 1. The van der Waals surface area contributed by atoms with Crippen molar-refractivity contribution in [2.24, 2.45) is 0 Å². The summed E-state index contributed by atoms with van der Waals surface area (Å²) in [6.45, 7) is 1.74. The molecule has 0 saturated heterocycles. The number of benzene rings is 3. The van der Waals surface area contributed by atoms with Gasteiger partial charge in [-0.05, 0) is 78.6 Å². The summed E-state index contributed by atoms with van der Waals surface area (Å²) in [5.74, 6) is -0.224. The van der Waals surface area contributed by atoms with E-state index >= 15 is 0 Å². The average Bonchev–Trinajstić information content (AvgIpc) is 2.86. The Morgan fingerprint density at radius 3 is 2.40 bits per heavy atom. The van der Waals surface area contributed by atoms with Gasteiger partial charge in [-0.3, -0.25) is 4.98 Å². The molecule has 0 radical (unpaired) electrons. The minimum absolute atomic E-state index is 0.224. The highest BCUT2D eigenvalue weighted by molar-refractivity contribution is 7.98. The minimum Gasteiger partial charge on any atom is -0.303 e. The van der Waals surface area contributed by atoms with E-state index in [1.807, 2.05) is 66.9 Å². The maximum Gasteiger partial charge on any atom is 0.150 e. The van der Waals surface area contributed by atoms with E-state index < -0.39 is 15.1 Å². The molecule has 0 N–H and O–H groups in total. The van der Waals surface area contributed by atoms with Crippen LogP contribution in [0.3, 0.4) is 0 Å². The Hall–Kier alpha value is -2.96. The first-order chi connectivity index (χ1) is 16.8. The minimum atomic E-state index is -3.14. The maximum atomic E-state index is 12.0. The van der Waals surface area contributed by atoms with Gasteiger partial charge >= 0.3 is 0 Å². The van der Waals surface area contributed by atoms with Crippen molar-refractivity contribution in [1.82, 2.24) is 4.98 Å². The first kappa shape index (κ1) is 25.1. The normalized spacial score (nSPS) is 13.5. The fraction of sp³-hybridized carbons (Fsp3) is 0.241. The Morgan fingerprint density at radius 2 is 1.71 bits per heavy atom. The number of aldehydes is 1. The van der Waals surface area contributed by atoms with E-state index in [0.717, 1.165) is 45.0 Å². The van der Waals surface area contributed by atoms with Crippen LogP contribution in [0.2, 0.25) is 0 Å². The molecule has 0 saturated carbocycles. The SMILES string of the molecule is CSc1ccc(C(C=O)Cc2cccc(-c3cc(CC(C)S(C)(=O)=O)cc4cccnc34)c2)cc1. The fourth-order valence-electron chi connectivity index (χ4n) is 4.29. The number of carbonyl (C=O) groups is 1. The molecule has 1 aromatic heterocycles. The lowest BCUT2D eigenvalue weighted by atomic mass is 9.91. The molecule has 180 valence electrons. The number of hydrogen-bond donors (Lipinski definition) is 0. The number of thioether (sulfide) groups is 1. The van der Waals surface area contributed by atoms with Crippen molar-refractivity contribution in [2.75, 3.05) is 12.5 Å². The van der Waals surface area contributed by atoms with E-state index in [1.165, 1.54) is 11.2 Å². The molecule has 0 aliphatic carbocycles. The molecule has 0 aliphatic heterocycles. The van der Waals surface area contributed by atoms with Crippen molar-refractivity contribution < 1.29 is 13.2 Å². The van der Waals surface area contributed by atoms with Crippen LogP contribution in [0, 0.1) is 0 Å².